The molecular weight excluding hydrogens is 286 g/mol. The molecule has 0 bridgehead atoms. The van der Waals surface area contributed by atoms with Crippen molar-refractivity contribution in [2.75, 3.05) is 0 Å². The number of carbonyl (C=O) groups excluding carboxylic acids is 1. The lowest BCUT2D eigenvalue weighted by Crippen LogP contribution is -2.24. The van der Waals surface area contributed by atoms with Crippen LogP contribution in [0.4, 0.5) is 0 Å². The highest BCUT2D eigenvalue weighted by Gasteiger charge is 2.12. The summed E-state index contributed by atoms with van der Waals surface area (Å²) in [5.74, 6) is -0.0581. The lowest BCUT2D eigenvalue weighted by Gasteiger charge is -2.06. The van der Waals surface area contributed by atoms with Gasteiger partial charge in [0.1, 0.15) is 0 Å². The van der Waals surface area contributed by atoms with Gasteiger partial charge in [0.2, 0.25) is 0 Å². The number of para-hydroxylation sites is 1. The molecule has 1 N–H and O–H groups in total. The van der Waals surface area contributed by atoms with Crippen LogP contribution in [0, 0.1) is 6.92 Å². The Kier molecular flexibility index (Phi) is 4.42. The first-order chi connectivity index (χ1) is 11.2. The molecule has 0 atom stereocenters. The predicted octanol–water partition coefficient (Wildman–Crippen LogP) is 3.68. The molecule has 0 radical (unpaired) electrons. The lowest BCUT2D eigenvalue weighted by molar-refractivity contribution is 0.0950. The first kappa shape index (κ1) is 15.3. The molecule has 0 spiro atoms. The number of hydrogen-bond acceptors (Lipinski definition) is 2. The summed E-state index contributed by atoms with van der Waals surface area (Å²) in [4.78, 5) is 12.4. The maximum atomic E-state index is 12.4. The van der Waals surface area contributed by atoms with Gasteiger partial charge < -0.3 is 5.32 Å². The van der Waals surface area contributed by atoms with Crippen molar-refractivity contribution in [2.45, 2.75) is 33.4 Å². The smallest absolute Gasteiger partial charge is 0.251 e. The highest BCUT2D eigenvalue weighted by Crippen LogP contribution is 2.19. The van der Waals surface area contributed by atoms with Crippen molar-refractivity contribution in [3.05, 3.63) is 65.4 Å². The van der Waals surface area contributed by atoms with E-state index in [9.17, 15) is 4.79 Å². The van der Waals surface area contributed by atoms with Crippen molar-refractivity contribution >= 4 is 16.8 Å². The number of hydrogen-bond donors (Lipinski definition) is 1. The van der Waals surface area contributed by atoms with E-state index in [2.05, 4.69) is 29.5 Å². The van der Waals surface area contributed by atoms with Crippen LogP contribution in [0.25, 0.3) is 10.9 Å². The fraction of sp³-hybridized carbons (Fsp3) is 0.263. The fourth-order valence-corrected chi connectivity index (χ4v) is 2.80. The summed E-state index contributed by atoms with van der Waals surface area (Å²) < 4.78 is 2.02. The van der Waals surface area contributed by atoms with E-state index >= 15 is 0 Å². The molecule has 4 nitrogen and oxygen atoms in total. The van der Waals surface area contributed by atoms with Gasteiger partial charge in [-0.05, 0) is 31.0 Å². The number of nitrogens with zero attached hydrogens (tertiary/aromatic N) is 2. The van der Waals surface area contributed by atoms with Crippen molar-refractivity contribution in [1.29, 1.82) is 0 Å². The van der Waals surface area contributed by atoms with Gasteiger partial charge in [0.25, 0.3) is 5.91 Å². The van der Waals surface area contributed by atoms with Crippen LogP contribution in [0.15, 0.2) is 48.5 Å². The molecule has 2 aromatic carbocycles. The maximum absolute atomic E-state index is 12.4. The number of fused-ring (bicyclic) bond motifs is 1. The van der Waals surface area contributed by atoms with Crippen LogP contribution in [0.1, 0.15) is 35.0 Å². The minimum absolute atomic E-state index is 0.0581. The average molecular weight is 307 g/mol. The Morgan fingerprint density at radius 2 is 1.87 bits per heavy atom. The topological polar surface area (TPSA) is 46.9 Å². The van der Waals surface area contributed by atoms with Crippen LogP contribution >= 0.6 is 0 Å². The zero-order valence-corrected chi connectivity index (χ0v) is 13.5. The van der Waals surface area contributed by atoms with E-state index in [0.29, 0.717) is 12.1 Å². The molecule has 0 fully saturated rings. The standard InChI is InChI=1S/C19H21N3O/c1-3-12-22-18-11-7-6-10-16(18)17(21-22)13-20-19(23)15-9-5-4-8-14(15)2/h4-11H,3,12-13H2,1-2H3,(H,20,23). The van der Waals surface area contributed by atoms with E-state index in [1.807, 2.05) is 48.0 Å². The molecule has 4 heteroatoms. The monoisotopic (exact) mass is 307 g/mol. The number of carbonyl (C=O) groups is 1. The maximum Gasteiger partial charge on any atom is 0.251 e. The van der Waals surface area contributed by atoms with Crippen molar-refractivity contribution in [2.24, 2.45) is 0 Å². The Balaban J connectivity index is 1.82. The number of aryl methyl sites for hydroxylation is 2. The van der Waals surface area contributed by atoms with Crippen LogP contribution < -0.4 is 5.32 Å². The summed E-state index contributed by atoms with van der Waals surface area (Å²) in [6.07, 6.45) is 1.03. The molecule has 0 aliphatic rings. The highest BCUT2D eigenvalue weighted by molar-refractivity contribution is 5.95. The Labute approximate surface area is 136 Å². The lowest BCUT2D eigenvalue weighted by atomic mass is 10.1. The molecule has 0 aliphatic carbocycles. The molecule has 3 aromatic rings. The second-order valence-corrected chi connectivity index (χ2v) is 5.68. The summed E-state index contributed by atoms with van der Waals surface area (Å²) in [5.41, 5.74) is 3.72. The second kappa shape index (κ2) is 6.65. The highest BCUT2D eigenvalue weighted by atomic mass is 16.1. The van der Waals surface area contributed by atoms with Gasteiger partial charge in [0, 0.05) is 17.5 Å². The van der Waals surface area contributed by atoms with E-state index < -0.39 is 0 Å². The summed E-state index contributed by atoms with van der Waals surface area (Å²) in [6, 6.07) is 15.8. The van der Waals surface area contributed by atoms with Gasteiger partial charge in [-0.3, -0.25) is 9.48 Å². The molecular formula is C19H21N3O. The quantitative estimate of drug-likeness (QED) is 0.781. The van der Waals surface area contributed by atoms with Crippen molar-refractivity contribution in [3.8, 4) is 0 Å². The van der Waals surface area contributed by atoms with Crippen LogP contribution in [0.5, 0.6) is 0 Å². The zero-order chi connectivity index (χ0) is 16.2. The van der Waals surface area contributed by atoms with Crippen molar-refractivity contribution < 1.29 is 4.79 Å². The largest absolute Gasteiger partial charge is 0.346 e. The van der Waals surface area contributed by atoms with Gasteiger partial charge >= 0.3 is 0 Å². The first-order valence-corrected chi connectivity index (χ1v) is 7.99. The van der Waals surface area contributed by atoms with E-state index in [4.69, 9.17) is 0 Å². The molecule has 0 unspecified atom stereocenters. The molecule has 0 aliphatic heterocycles. The Bertz CT molecular complexity index is 836. The van der Waals surface area contributed by atoms with Gasteiger partial charge in [-0.25, -0.2) is 0 Å². The predicted molar refractivity (Wildman–Crippen MR) is 92.4 cm³/mol. The number of benzene rings is 2. The second-order valence-electron chi connectivity index (χ2n) is 5.68. The third-order valence-electron chi connectivity index (χ3n) is 3.98. The van der Waals surface area contributed by atoms with E-state index in [1.165, 1.54) is 0 Å². The van der Waals surface area contributed by atoms with Crippen LogP contribution in [-0.4, -0.2) is 15.7 Å². The Morgan fingerprint density at radius 3 is 2.65 bits per heavy atom. The third-order valence-corrected chi connectivity index (χ3v) is 3.98. The van der Waals surface area contributed by atoms with Gasteiger partial charge in [0.05, 0.1) is 17.8 Å². The van der Waals surface area contributed by atoms with Gasteiger partial charge in [-0.2, -0.15) is 5.10 Å². The minimum atomic E-state index is -0.0581. The molecule has 23 heavy (non-hydrogen) atoms. The molecule has 1 heterocycles. The Hall–Kier alpha value is -2.62. The number of amides is 1. The van der Waals surface area contributed by atoms with E-state index in [-0.39, 0.29) is 5.91 Å². The minimum Gasteiger partial charge on any atom is -0.346 e. The van der Waals surface area contributed by atoms with E-state index in [1.54, 1.807) is 0 Å². The van der Waals surface area contributed by atoms with Crippen LogP contribution in [-0.2, 0) is 13.1 Å². The van der Waals surface area contributed by atoms with Crippen molar-refractivity contribution in [3.63, 3.8) is 0 Å². The summed E-state index contributed by atoms with van der Waals surface area (Å²) in [7, 11) is 0. The molecule has 3 rings (SSSR count). The number of nitrogens with one attached hydrogen (secondary N) is 1. The third kappa shape index (κ3) is 3.11. The van der Waals surface area contributed by atoms with Gasteiger partial charge in [-0.15, -0.1) is 0 Å². The van der Waals surface area contributed by atoms with Gasteiger partial charge in [-0.1, -0.05) is 43.3 Å². The molecule has 0 saturated carbocycles. The first-order valence-electron chi connectivity index (χ1n) is 7.99. The summed E-state index contributed by atoms with van der Waals surface area (Å²) in [6.45, 7) is 5.40. The SMILES string of the molecule is CCCn1nc(CNC(=O)c2ccccc2C)c2ccccc21. The zero-order valence-electron chi connectivity index (χ0n) is 13.5. The van der Waals surface area contributed by atoms with Crippen LogP contribution in [0.2, 0.25) is 0 Å². The van der Waals surface area contributed by atoms with E-state index in [0.717, 1.165) is 35.1 Å². The normalized spacial score (nSPS) is 10.9. The summed E-state index contributed by atoms with van der Waals surface area (Å²) >= 11 is 0. The Morgan fingerprint density at radius 1 is 1.13 bits per heavy atom. The number of aromatic nitrogens is 2. The number of rotatable bonds is 5. The summed E-state index contributed by atoms with van der Waals surface area (Å²) in [5, 5.41) is 8.76. The molecule has 0 saturated heterocycles. The fourth-order valence-electron chi connectivity index (χ4n) is 2.80. The average Bonchev–Trinajstić information content (AvgIpc) is 2.92. The van der Waals surface area contributed by atoms with Gasteiger partial charge in [0.15, 0.2) is 0 Å². The molecule has 1 amide bonds. The molecule has 118 valence electrons. The van der Waals surface area contributed by atoms with Crippen LogP contribution in [0.3, 0.4) is 0 Å². The van der Waals surface area contributed by atoms with Crippen molar-refractivity contribution in [1.82, 2.24) is 15.1 Å². The molecule has 1 aromatic heterocycles.